The van der Waals surface area contributed by atoms with Crippen LogP contribution in [0.2, 0.25) is 0 Å². The van der Waals surface area contributed by atoms with Crippen molar-refractivity contribution in [3.05, 3.63) is 0 Å². The Balaban J connectivity index is 1.92. The van der Waals surface area contributed by atoms with Crippen molar-refractivity contribution in [2.24, 2.45) is 5.92 Å². The van der Waals surface area contributed by atoms with E-state index in [0.717, 1.165) is 19.4 Å². The van der Waals surface area contributed by atoms with E-state index in [-0.39, 0.29) is 24.5 Å². The molecule has 2 rings (SSSR count). The predicted molar refractivity (Wildman–Crippen MR) is 68.2 cm³/mol. The largest absolute Gasteiger partial charge is 0.395 e. The number of hydrogen-bond donors (Lipinski definition) is 2. The van der Waals surface area contributed by atoms with Gasteiger partial charge in [-0.3, -0.25) is 4.79 Å². The summed E-state index contributed by atoms with van der Waals surface area (Å²) >= 11 is 0. The Morgan fingerprint density at radius 1 is 1.50 bits per heavy atom. The summed E-state index contributed by atoms with van der Waals surface area (Å²) in [4.78, 5) is 14.2. The number of aliphatic hydroxyl groups excluding tert-OH is 1. The lowest BCUT2D eigenvalue weighted by Crippen LogP contribution is -2.46. The first kappa shape index (κ1) is 13.8. The van der Waals surface area contributed by atoms with Crippen LogP contribution in [0.25, 0.3) is 0 Å². The third kappa shape index (κ3) is 3.22. The van der Waals surface area contributed by atoms with Gasteiger partial charge in [-0.15, -0.1) is 0 Å². The van der Waals surface area contributed by atoms with Gasteiger partial charge < -0.3 is 20.1 Å². The second-order valence-corrected chi connectivity index (χ2v) is 5.27. The molecule has 18 heavy (non-hydrogen) atoms. The molecule has 2 aliphatic heterocycles. The molecular weight excluding hydrogens is 232 g/mol. The van der Waals surface area contributed by atoms with E-state index in [4.69, 9.17) is 9.84 Å². The van der Waals surface area contributed by atoms with Crippen LogP contribution < -0.4 is 5.32 Å². The SMILES string of the molecule is CC1OCCC1C(=O)N(CCO)CC1CCCN1. The number of amides is 1. The topological polar surface area (TPSA) is 61.8 Å². The molecule has 0 bridgehead atoms. The number of ether oxygens (including phenoxy) is 1. The number of nitrogens with zero attached hydrogens (tertiary/aromatic N) is 1. The van der Waals surface area contributed by atoms with Crippen LogP contribution in [-0.2, 0) is 9.53 Å². The maximum atomic E-state index is 12.4. The van der Waals surface area contributed by atoms with E-state index >= 15 is 0 Å². The van der Waals surface area contributed by atoms with Gasteiger partial charge in [-0.25, -0.2) is 0 Å². The zero-order valence-electron chi connectivity index (χ0n) is 11.1. The van der Waals surface area contributed by atoms with Crippen molar-refractivity contribution < 1.29 is 14.6 Å². The summed E-state index contributed by atoms with van der Waals surface area (Å²) in [5, 5.41) is 12.5. The minimum absolute atomic E-state index is 0.00947. The lowest BCUT2D eigenvalue weighted by Gasteiger charge is -2.28. The number of nitrogens with one attached hydrogen (secondary N) is 1. The maximum Gasteiger partial charge on any atom is 0.228 e. The molecule has 1 amide bonds. The molecule has 0 saturated carbocycles. The molecule has 3 unspecified atom stereocenters. The monoisotopic (exact) mass is 256 g/mol. The molecule has 3 atom stereocenters. The lowest BCUT2D eigenvalue weighted by molar-refractivity contribution is -0.137. The van der Waals surface area contributed by atoms with E-state index in [2.05, 4.69) is 5.32 Å². The lowest BCUT2D eigenvalue weighted by atomic mass is 10.0. The van der Waals surface area contributed by atoms with Gasteiger partial charge >= 0.3 is 0 Å². The Labute approximate surface area is 108 Å². The highest BCUT2D eigenvalue weighted by Gasteiger charge is 2.34. The van der Waals surface area contributed by atoms with Crippen molar-refractivity contribution in [3.63, 3.8) is 0 Å². The first-order chi connectivity index (χ1) is 8.72. The smallest absolute Gasteiger partial charge is 0.228 e. The van der Waals surface area contributed by atoms with Crippen molar-refractivity contribution in [3.8, 4) is 0 Å². The van der Waals surface area contributed by atoms with Crippen molar-refractivity contribution in [1.82, 2.24) is 10.2 Å². The van der Waals surface area contributed by atoms with Gasteiger partial charge in [0.1, 0.15) is 0 Å². The van der Waals surface area contributed by atoms with Crippen molar-refractivity contribution in [2.75, 3.05) is 32.8 Å². The van der Waals surface area contributed by atoms with E-state index in [1.54, 1.807) is 4.90 Å². The minimum atomic E-state index is -0.0297. The van der Waals surface area contributed by atoms with Gasteiger partial charge in [-0.05, 0) is 32.7 Å². The van der Waals surface area contributed by atoms with Gasteiger partial charge in [0.25, 0.3) is 0 Å². The highest BCUT2D eigenvalue weighted by atomic mass is 16.5. The molecule has 0 aromatic heterocycles. The number of carbonyl (C=O) groups excluding carboxylic acids is 1. The van der Waals surface area contributed by atoms with Gasteiger partial charge in [-0.2, -0.15) is 0 Å². The molecular formula is C13H24N2O3. The van der Waals surface area contributed by atoms with Gasteiger partial charge in [-0.1, -0.05) is 0 Å². The molecule has 2 saturated heterocycles. The molecule has 0 spiro atoms. The molecule has 2 heterocycles. The van der Waals surface area contributed by atoms with Crippen LogP contribution >= 0.6 is 0 Å². The zero-order chi connectivity index (χ0) is 13.0. The highest BCUT2D eigenvalue weighted by molar-refractivity contribution is 5.79. The molecule has 104 valence electrons. The maximum absolute atomic E-state index is 12.4. The van der Waals surface area contributed by atoms with Gasteiger partial charge in [0.15, 0.2) is 0 Å². The highest BCUT2D eigenvalue weighted by Crippen LogP contribution is 2.23. The van der Waals surface area contributed by atoms with Crippen molar-refractivity contribution in [1.29, 1.82) is 0 Å². The Kier molecular flexibility index (Phi) is 4.97. The summed E-state index contributed by atoms with van der Waals surface area (Å²) in [5.74, 6) is 0.112. The van der Waals surface area contributed by atoms with Crippen LogP contribution in [0.3, 0.4) is 0 Å². The number of rotatable bonds is 5. The van der Waals surface area contributed by atoms with E-state index in [1.807, 2.05) is 6.92 Å². The first-order valence-corrected chi connectivity index (χ1v) is 6.97. The van der Waals surface area contributed by atoms with Crippen LogP contribution in [0, 0.1) is 5.92 Å². The Morgan fingerprint density at radius 2 is 2.33 bits per heavy atom. The number of carbonyl (C=O) groups is 1. The molecule has 5 heteroatoms. The summed E-state index contributed by atoms with van der Waals surface area (Å²) in [6.45, 7) is 4.84. The van der Waals surface area contributed by atoms with Crippen LogP contribution in [0.15, 0.2) is 0 Å². The molecule has 2 fully saturated rings. The van der Waals surface area contributed by atoms with E-state index < -0.39 is 0 Å². The van der Waals surface area contributed by atoms with E-state index in [9.17, 15) is 4.79 Å². The third-order valence-electron chi connectivity index (χ3n) is 3.98. The Hall–Kier alpha value is -0.650. The molecule has 5 nitrogen and oxygen atoms in total. The summed E-state index contributed by atoms with van der Waals surface area (Å²) in [6.07, 6.45) is 3.11. The van der Waals surface area contributed by atoms with E-state index in [1.165, 1.54) is 6.42 Å². The Bertz CT molecular complexity index is 279. The molecule has 2 N–H and O–H groups in total. The minimum Gasteiger partial charge on any atom is -0.395 e. The van der Waals surface area contributed by atoms with Crippen LogP contribution in [0.5, 0.6) is 0 Å². The predicted octanol–water partition coefficient (Wildman–Crippen LogP) is -0.0157. The average molecular weight is 256 g/mol. The normalized spacial score (nSPS) is 31.8. The number of aliphatic hydroxyl groups is 1. The molecule has 0 aliphatic carbocycles. The molecule has 0 radical (unpaired) electrons. The van der Waals surface area contributed by atoms with Crippen LogP contribution in [0.4, 0.5) is 0 Å². The number of hydrogen-bond acceptors (Lipinski definition) is 4. The third-order valence-corrected chi connectivity index (χ3v) is 3.98. The summed E-state index contributed by atoms with van der Waals surface area (Å²) in [5.41, 5.74) is 0. The summed E-state index contributed by atoms with van der Waals surface area (Å²) in [7, 11) is 0. The Morgan fingerprint density at radius 3 is 2.89 bits per heavy atom. The van der Waals surface area contributed by atoms with E-state index in [0.29, 0.717) is 25.7 Å². The standard InChI is InChI=1S/C13H24N2O3/c1-10-12(4-8-18-10)13(17)15(6-7-16)9-11-3-2-5-14-11/h10-12,14,16H,2-9H2,1H3. The van der Waals surface area contributed by atoms with Crippen LogP contribution in [-0.4, -0.2) is 60.9 Å². The average Bonchev–Trinajstić information content (AvgIpc) is 2.99. The van der Waals surface area contributed by atoms with Crippen molar-refractivity contribution >= 4 is 5.91 Å². The fourth-order valence-corrected chi connectivity index (χ4v) is 2.88. The fourth-order valence-electron chi connectivity index (χ4n) is 2.88. The van der Waals surface area contributed by atoms with Gasteiger partial charge in [0.2, 0.25) is 5.91 Å². The molecule has 0 aromatic carbocycles. The quantitative estimate of drug-likeness (QED) is 0.726. The second-order valence-electron chi connectivity index (χ2n) is 5.27. The van der Waals surface area contributed by atoms with Crippen LogP contribution in [0.1, 0.15) is 26.2 Å². The molecule has 2 aliphatic rings. The summed E-state index contributed by atoms with van der Waals surface area (Å²) < 4.78 is 5.46. The summed E-state index contributed by atoms with van der Waals surface area (Å²) in [6, 6.07) is 0.387. The van der Waals surface area contributed by atoms with Gasteiger partial charge in [0, 0.05) is 25.7 Å². The second kappa shape index (κ2) is 6.50. The fraction of sp³-hybridized carbons (Fsp3) is 0.923. The molecule has 0 aromatic rings. The zero-order valence-corrected chi connectivity index (χ0v) is 11.1. The first-order valence-electron chi connectivity index (χ1n) is 6.97. The van der Waals surface area contributed by atoms with Crippen molar-refractivity contribution in [2.45, 2.75) is 38.3 Å². The van der Waals surface area contributed by atoms with Gasteiger partial charge in [0.05, 0.1) is 18.6 Å².